The van der Waals surface area contributed by atoms with E-state index in [1.165, 1.54) is 82.7 Å². The Morgan fingerprint density at radius 2 is 1.43 bits per heavy atom. The summed E-state index contributed by atoms with van der Waals surface area (Å²) < 4.78 is 135. The number of halogens is 8. The third-order valence-corrected chi connectivity index (χ3v) is 13.4. The van der Waals surface area contributed by atoms with Gasteiger partial charge in [-0.05, 0) is 94.6 Å². The normalized spacial score (nSPS) is 16.4. The molecule has 3 aromatic carbocycles. The Kier molecular flexibility index (Phi) is 12.0. The molecule has 6 rings (SSSR count). The smallest absolute Gasteiger partial charge is 0.417 e. The third-order valence-electron chi connectivity index (χ3n) is 11.2. The van der Waals surface area contributed by atoms with Crippen molar-refractivity contribution in [3.05, 3.63) is 124 Å². The molecule has 4 atom stereocenters. The van der Waals surface area contributed by atoms with E-state index in [4.69, 9.17) is 9.47 Å². The van der Waals surface area contributed by atoms with E-state index in [1.807, 2.05) is 0 Å². The van der Waals surface area contributed by atoms with Gasteiger partial charge in [0.25, 0.3) is 0 Å². The molecule has 0 radical (unpaired) electrons. The van der Waals surface area contributed by atoms with Crippen molar-refractivity contribution >= 4 is 42.8 Å². The molecule has 0 bridgehead atoms. The number of alkyl halides is 7. The Labute approximate surface area is 337 Å². The number of nitrogens with zero attached hydrogens (tertiary/aromatic N) is 1. The quantitative estimate of drug-likeness (QED) is 0.101. The summed E-state index contributed by atoms with van der Waals surface area (Å²) in [7, 11) is 1.24. The summed E-state index contributed by atoms with van der Waals surface area (Å²) in [6.07, 6.45) is -11.9. The average Bonchev–Trinajstić information content (AvgIpc) is 3.75. The number of rotatable bonds is 15. The lowest BCUT2D eigenvalue weighted by atomic mass is 9.56. The Bertz CT molecular complexity index is 2310. The van der Waals surface area contributed by atoms with E-state index in [-0.39, 0.29) is 32.4 Å². The molecule has 5 nitrogen and oxygen atoms in total. The number of aromatic nitrogens is 1. The minimum Gasteiger partial charge on any atom is -0.496 e. The van der Waals surface area contributed by atoms with Gasteiger partial charge >= 0.3 is 12.4 Å². The Morgan fingerprint density at radius 3 is 2.07 bits per heavy atom. The zero-order chi connectivity index (χ0) is 42.3. The van der Waals surface area contributed by atoms with E-state index in [0.29, 0.717) is 20.2 Å². The van der Waals surface area contributed by atoms with E-state index in [1.54, 1.807) is 30.3 Å². The van der Waals surface area contributed by atoms with Crippen molar-refractivity contribution in [3.8, 4) is 11.5 Å². The third kappa shape index (κ3) is 8.54. The zero-order valence-electron chi connectivity index (χ0n) is 31.8. The number of benzene rings is 3. The first-order valence-corrected chi connectivity index (χ1v) is 19.8. The molecular weight excluding hydrogens is 811 g/mol. The van der Waals surface area contributed by atoms with Crippen LogP contribution >= 0.6 is 22.7 Å². The molecule has 0 saturated heterocycles. The lowest BCUT2D eigenvalue weighted by Gasteiger charge is -2.51. The van der Waals surface area contributed by atoms with Gasteiger partial charge in [0.1, 0.15) is 17.3 Å². The lowest BCUT2D eigenvalue weighted by Crippen LogP contribution is -2.60. The maximum absolute atomic E-state index is 16.0. The Morgan fingerprint density at radius 1 is 0.759 bits per heavy atom. The molecule has 0 aliphatic carbocycles. The SMILES string of the molecule is COc1ccc(F)cc1C(C)(C)C(CC(C)(CC(O)(Cc1cc2ccncc2s1)C(F)(F)F)c1cccc(OCF)c1)C(O)(Cc1cc2ccccc2s1)C(F)(F)F. The van der Waals surface area contributed by atoms with E-state index >= 15 is 30.7 Å². The predicted octanol–water partition coefficient (Wildman–Crippen LogP) is 11.7. The summed E-state index contributed by atoms with van der Waals surface area (Å²) in [6, 6.07) is 20.0. The van der Waals surface area contributed by atoms with Crippen LogP contribution in [0.15, 0.2) is 97.3 Å². The minimum absolute atomic E-state index is 0.0196. The molecular formula is C43H41F8NO4S2. The van der Waals surface area contributed by atoms with Crippen LogP contribution in [0.3, 0.4) is 0 Å². The second-order valence-corrected chi connectivity index (χ2v) is 17.9. The second-order valence-electron chi connectivity index (χ2n) is 15.5. The molecule has 3 aromatic heterocycles. The predicted molar refractivity (Wildman–Crippen MR) is 210 cm³/mol. The summed E-state index contributed by atoms with van der Waals surface area (Å²) in [5.41, 5.74) is -11.3. The highest BCUT2D eigenvalue weighted by molar-refractivity contribution is 7.19. The van der Waals surface area contributed by atoms with Crippen LogP contribution in [0, 0.1) is 11.7 Å². The largest absolute Gasteiger partial charge is 0.496 e. The molecule has 2 N–H and O–H groups in total. The summed E-state index contributed by atoms with van der Waals surface area (Å²) in [5.74, 6) is -3.04. The molecule has 4 unspecified atom stereocenters. The van der Waals surface area contributed by atoms with Gasteiger partial charge in [-0.1, -0.05) is 51.1 Å². The van der Waals surface area contributed by atoms with Crippen molar-refractivity contribution in [3.63, 3.8) is 0 Å². The fourth-order valence-electron chi connectivity index (χ4n) is 8.19. The van der Waals surface area contributed by atoms with Crippen LogP contribution in [0.1, 0.15) is 54.5 Å². The number of methoxy groups -OCH3 is 1. The van der Waals surface area contributed by atoms with Crippen LogP contribution < -0.4 is 9.47 Å². The van der Waals surface area contributed by atoms with Gasteiger partial charge in [0.05, 0.1) is 11.8 Å². The molecule has 58 heavy (non-hydrogen) atoms. The summed E-state index contributed by atoms with van der Waals surface area (Å²) in [4.78, 5) is 4.29. The van der Waals surface area contributed by atoms with Crippen molar-refractivity contribution in [2.24, 2.45) is 5.92 Å². The molecule has 0 amide bonds. The van der Waals surface area contributed by atoms with Gasteiger partial charge < -0.3 is 19.7 Å². The standard InChI is InChI=1S/C43H41F8NO4S2/c1-38(2,33-19-29(45)12-13-34(33)55-4)37(41(54,43(49,50)51)21-32-16-26-8-5-6-11-35(26)57-32)22-39(3,28-9-7-10-30(18-28)56-25-44)24-40(53,42(46,47)48)20-31-17-27-14-15-52-23-36(27)58-31/h5-19,23,37,53-54H,20-22,24-25H2,1-4H3. The van der Waals surface area contributed by atoms with E-state index < -0.39 is 78.7 Å². The van der Waals surface area contributed by atoms with Crippen molar-refractivity contribution in [2.45, 2.75) is 80.8 Å². The monoisotopic (exact) mass is 851 g/mol. The van der Waals surface area contributed by atoms with Crippen LogP contribution in [0.4, 0.5) is 35.1 Å². The maximum atomic E-state index is 16.0. The summed E-state index contributed by atoms with van der Waals surface area (Å²) in [6.45, 7) is 2.66. The van der Waals surface area contributed by atoms with Crippen LogP contribution in [0.25, 0.3) is 20.2 Å². The average molecular weight is 852 g/mol. The van der Waals surface area contributed by atoms with Crippen LogP contribution in [0.5, 0.6) is 11.5 Å². The molecule has 15 heteroatoms. The first-order valence-electron chi connectivity index (χ1n) is 18.1. The van der Waals surface area contributed by atoms with Crippen LogP contribution in [0.2, 0.25) is 0 Å². The number of pyridine rings is 1. The van der Waals surface area contributed by atoms with E-state index in [0.717, 1.165) is 34.8 Å². The van der Waals surface area contributed by atoms with Crippen molar-refractivity contribution in [1.82, 2.24) is 4.98 Å². The van der Waals surface area contributed by atoms with E-state index in [2.05, 4.69) is 4.98 Å². The van der Waals surface area contributed by atoms with Crippen LogP contribution in [-0.2, 0) is 23.7 Å². The zero-order valence-corrected chi connectivity index (χ0v) is 33.5. The molecule has 0 aliphatic rings. The number of aliphatic hydroxyl groups is 2. The number of thiophene rings is 2. The summed E-state index contributed by atoms with van der Waals surface area (Å²) >= 11 is 2.00. The number of hydrogen-bond acceptors (Lipinski definition) is 7. The summed E-state index contributed by atoms with van der Waals surface area (Å²) in [5, 5.41) is 25.7. The van der Waals surface area contributed by atoms with E-state index in [9.17, 15) is 14.6 Å². The lowest BCUT2D eigenvalue weighted by molar-refractivity contribution is -0.291. The second kappa shape index (κ2) is 16.0. The van der Waals surface area contributed by atoms with Gasteiger partial charge in [0.15, 0.2) is 11.2 Å². The highest BCUT2D eigenvalue weighted by atomic mass is 32.1. The highest BCUT2D eigenvalue weighted by Gasteiger charge is 2.65. The fourth-order valence-corrected chi connectivity index (χ4v) is 10.5. The van der Waals surface area contributed by atoms with Crippen LogP contribution in [-0.4, -0.2) is 52.7 Å². The molecule has 0 fully saturated rings. The van der Waals surface area contributed by atoms with Crippen molar-refractivity contribution < 1.29 is 54.8 Å². The topological polar surface area (TPSA) is 71.8 Å². The maximum Gasteiger partial charge on any atom is 0.417 e. The first-order chi connectivity index (χ1) is 27.1. The Balaban J connectivity index is 1.59. The van der Waals surface area contributed by atoms with Crippen molar-refractivity contribution in [2.75, 3.05) is 14.0 Å². The molecule has 0 saturated carbocycles. The van der Waals surface area contributed by atoms with Gasteiger partial charge in [0.2, 0.25) is 6.86 Å². The first kappa shape index (κ1) is 43.3. The van der Waals surface area contributed by atoms with Gasteiger partial charge in [-0.2, -0.15) is 26.3 Å². The molecule has 6 aromatic rings. The van der Waals surface area contributed by atoms with Gasteiger partial charge in [-0.3, -0.25) is 4.98 Å². The molecule has 0 spiro atoms. The van der Waals surface area contributed by atoms with Gasteiger partial charge in [0, 0.05) is 51.2 Å². The molecule has 0 aliphatic heterocycles. The molecule has 310 valence electrons. The highest BCUT2D eigenvalue weighted by Crippen LogP contribution is 2.56. The van der Waals surface area contributed by atoms with Gasteiger partial charge in [-0.15, -0.1) is 22.7 Å². The van der Waals surface area contributed by atoms with Crippen molar-refractivity contribution in [1.29, 1.82) is 0 Å². The Hall–Kier alpha value is -4.31. The number of hydrogen-bond donors (Lipinski definition) is 2. The molecule has 3 heterocycles. The van der Waals surface area contributed by atoms with Gasteiger partial charge in [-0.25, -0.2) is 8.78 Å². The minimum atomic E-state index is -5.42. The number of ether oxygens (including phenoxy) is 2. The number of fused-ring (bicyclic) bond motifs is 2. The fraction of sp³-hybridized carbons (Fsp3) is 0.372.